The standard InChI is InChI=1S/C13H14F2N4O2/c1-2-20-12-11(16-5-6-17-12)19-7-9-3-4-10(8-18-9)21-13(14)15/h3-6,8,13H,2,7H2,1H3,(H,16,19). The molecule has 0 aliphatic rings. The third-order valence-electron chi connectivity index (χ3n) is 2.41. The van der Waals surface area contributed by atoms with Crippen molar-refractivity contribution >= 4 is 5.82 Å². The molecule has 6 nitrogen and oxygen atoms in total. The average Bonchev–Trinajstić information content (AvgIpc) is 2.48. The number of hydrogen-bond donors (Lipinski definition) is 1. The fraction of sp³-hybridized carbons (Fsp3) is 0.308. The second kappa shape index (κ2) is 7.32. The fourth-order valence-electron chi connectivity index (χ4n) is 1.55. The number of alkyl halides is 2. The number of nitrogens with one attached hydrogen (secondary N) is 1. The van der Waals surface area contributed by atoms with Gasteiger partial charge in [0.2, 0.25) is 0 Å². The van der Waals surface area contributed by atoms with Crippen molar-refractivity contribution in [3.8, 4) is 11.6 Å². The molecule has 0 fully saturated rings. The number of anilines is 1. The zero-order valence-electron chi connectivity index (χ0n) is 11.3. The van der Waals surface area contributed by atoms with E-state index >= 15 is 0 Å². The molecular weight excluding hydrogens is 282 g/mol. The number of hydrogen-bond acceptors (Lipinski definition) is 6. The summed E-state index contributed by atoms with van der Waals surface area (Å²) in [5.41, 5.74) is 0.643. The molecule has 0 atom stereocenters. The molecule has 0 radical (unpaired) electrons. The summed E-state index contributed by atoms with van der Waals surface area (Å²) in [5, 5.41) is 3.02. The van der Waals surface area contributed by atoms with E-state index in [2.05, 4.69) is 25.0 Å². The van der Waals surface area contributed by atoms with E-state index < -0.39 is 6.61 Å². The van der Waals surface area contributed by atoms with E-state index in [1.165, 1.54) is 24.7 Å². The Morgan fingerprint density at radius 1 is 1.19 bits per heavy atom. The Balaban J connectivity index is 1.96. The van der Waals surface area contributed by atoms with Gasteiger partial charge in [-0.1, -0.05) is 0 Å². The Bertz CT molecular complexity index is 566. The lowest BCUT2D eigenvalue weighted by Gasteiger charge is -2.10. The van der Waals surface area contributed by atoms with E-state index in [-0.39, 0.29) is 5.75 Å². The molecule has 21 heavy (non-hydrogen) atoms. The molecule has 0 unspecified atom stereocenters. The van der Waals surface area contributed by atoms with Crippen molar-refractivity contribution in [1.82, 2.24) is 15.0 Å². The number of aromatic nitrogens is 3. The summed E-state index contributed by atoms with van der Waals surface area (Å²) in [4.78, 5) is 12.2. The van der Waals surface area contributed by atoms with Gasteiger partial charge in [0.15, 0.2) is 5.82 Å². The van der Waals surface area contributed by atoms with Crippen molar-refractivity contribution in [3.63, 3.8) is 0 Å². The third-order valence-corrected chi connectivity index (χ3v) is 2.41. The van der Waals surface area contributed by atoms with Gasteiger partial charge < -0.3 is 14.8 Å². The van der Waals surface area contributed by atoms with Gasteiger partial charge in [-0.15, -0.1) is 0 Å². The molecule has 0 amide bonds. The normalized spacial score (nSPS) is 10.5. The Labute approximate surface area is 120 Å². The summed E-state index contributed by atoms with van der Waals surface area (Å²) in [7, 11) is 0. The van der Waals surface area contributed by atoms with Gasteiger partial charge in [0.1, 0.15) is 5.75 Å². The predicted molar refractivity (Wildman–Crippen MR) is 71.4 cm³/mol. The average molecular weight is 296 g/mol. The summed E-state index contributed by atoms with van der Waals surface area (Å²) in [6, 6.07) is 3.01. The van der Waals surface area contributed by atoms with E-state index in [1.807, 2.05) is 6.92 Å². The predicted octanol–water partition coefficient (Wildman–Crippen LogP) is 2.48. The molecule has 112 valence electrons. The van der Waals surface area contributed by atoms with Crippen molar-refractivity contribution in [2.45, 2.75) is 20.1 Å². The molecular formula is C13H14F2N4O2. The minimum absolute atomic E-state index is 0.0169. The maximum absolute atomic E-state index is 12.0. The van der Waals surface area contributed by atoms with E-state index in [1.54, 1.807) is 6.07 Å². The Hall–Kier alpha value is -2.51. The number of pyridine rings is 1. The molecule has 8 heteroatoms. The zero-order chi connectivity index (χ0) is 15.1. The van der Waals surface area contributed by atoms with Crippen LogP contribution in [-0.4, -0.2) is 28.2 Å². The summed E-state index contributed by atoms with van der Waals surface area (Å²) < 4.78 is 33.6. The van der Waals surface area contributed by atoms with Gasteiger partial charge in [-0.2, -0.15) is 8.78 Å². The van der Waals surface area contributed by atoms with E-state index in [0.29, 0.717) is 30.5 Å². The van der Waals surface area contributed by atoms with Crippen molar-refractivity contribution in [2.24, 2.45) is 0 Å². The highest BCUT2D eigenvalue weighted by molar-refractivity contribution is 5.44. The second-order valence-electron chi connectivity index (χ2n) is 3.86. The number of rotatable bonds is 7. The van der Waals surface area contributed by atoms with Crippen molar-refractivity contribution in [2.75, 3.05) is 11.9 Å². The first-order chi connectivity index (χ1) is 10.2. The van der Waals surface area contributed by atoms with Crippen molar-refractivity contribution in [3.05, 3.63) is 36.4 Å². The van der Waals surface area contributed by atoms with Crippen LogP contribution in [0.1, 0.15) is 12.6 Å². The van der Waals surface area contributed by atoms with Crippen LogP contribution in [0.3, 0.4) is 0 Å². The maximum Gasteiger partial charge on any atom is 0.387 e. The molecule has 0 aliphatic carbocycles. The molecule has 0 aliphatic heterocycles. The quantitative estimate of drug-likeness (QED) is 0.846. The summed E-state index contributed by atoms with van der Waals surface area (Å²) in [5.74, 6) is 0.912. The van der Waals surface area contributed by atoms with Gasteiger partial charge in [0.25, 0.3) is 5.88 Å². The molecule has 2 aromatic heterocycles. The topological polar surface area (TPSA) is 69.2 Å². The minimum atomic E-state index is -2.86. The highest BCUT2D eigenvalue weighted by Crippen LogP contribution is 2.18. The maximum atomic E-state index is 12.0. The van der Waals surface area contributed by atoms with Gasteiger partial charge in [-0.25, -0.2) is 9.97 Å². The Morgan fingerprint density at radius 3 is 2.67 bits per heavy atom. The first-order valence-electron chi connectivity index (χ1n) is 6.26. The van der Waals surface area contributed by atoms with Crippen LogP contribution < -0.4 is 14.8 Å². The SMILES string of the molecule is CCOc1nccnc1NCc1ccc(OC(F)F)cn1. The monoisotopic (exact) mass is 296 g/mol. The largest absolute Gasteiger partial charge is 0.475 e. The molecule has 2 aromatic rings. The molecule has 1 N–H and O–H groups in total. The van der Waals surface area contributed by atoms with E-state index in [4.69, 9.17) is 4.74 Å². The molecule has 0 saturated heterocycles. The van der Waals surface area contributed by atoms with E-state index in [0.717, 1.165) is 0 Å². The first kappa shape index (κ1) is 14.9. The lowest BCUT2D eigenvalue weighted by atomic mass is 10.3. The molecule has 0 aromatic carbocycles. The molecule has 2 heterocycles. The van der Waals surface area contributed by atoms with Crippen LogP contribution >= 0.6 is 0 Å². The Kier molecular flexibility index (Phi) is 5.19. The molecule has 0 spiro atoms. The van der Waals surface area contributed by atoms with Crippen LogP contribution in [0.5, 0.6) is 11.6 Å². The smallest absolute Gasteiger partial charge is 0.387 e. The lowest BCUT2D eigenvalue weighted by Crippen LogP contribution is -2.07. The third kappa shape index (κ3) is 4.51. The van der Waals surface area contributed by atoms with Crippen LogP contribution in [0.25, 0.3) is 0 Å². The number of ether oxygens (including phenoxy) is 2. The number of halogens is 2. The zero-order valence-corrected chi connectivity index (χ0v) is 11.3. The molecule has 0 saturated carbocycles. The molecule has 0 bridgehead atoms. The van der Waals surface area contributed by atoms with Crippen molar-refractivity contribution in [1.29, 1.82) is 0 Å². The van der Waals surface area contributed by atoms with Crippen LogP contribution in [0, 0.1) is 0 Å². The summed E-state index contributed by atoms with van der Waals surface area (Å²) in [6.45, 7) is -0.176. The van der Waals surface area contributed by atoms with Gasteiger partial charge in [0, 0.05) is 12.4 Å². The second-order valence-corrected chi connectivity index (χ2v) is 3.86. The van der Waals surface area contributed by atoms with E-state index in [9.17, 15) is 8.78 Å². The van der Waals surface area contributed by atoms with Gasteiger partial charge in [-0.05, 0) is 19.1 Å². The summed E-state index contributed by atoms with van der Waals surface area (Å²) >= 11 is 0. The van der Waals surface area contributed by atoms with Crippen LogP contribution in [0.15, 0.2) is 30.7 Å². The first-order valence-corrected chi connectivity index (χ1v) is 6.26. The minimum Gasteiger partial charge on any atom is -0.475 e. The fourth-order valence-corrected chi connectivity index (χ4v) is 1.55. The van der Waals surface area contributed by atoms with Crippen molar-refractivity contribution < 1.29 is 18.3 Å². The van der Waals surface area contributed by atoms with Gasteiger partial charge in [0.05, 0.1) is 25.0 Å². The highest BCUT2D eigenvalue weighted by Gasteiger charge is 2.07. The Morgan fingerprint density at radius 2 is 2.00 bits per heavy atom. The highest BCUT2D eigenvalue weighted by atomic mass is 19.3. The van der Waals surface area contributed by atoms with Crippen LogP contribution in [-0.2, 0) is 6.54 Å². The summed E-state index contributed by atoms with van der Waals surface area (Å²) in [6.07, 6.45) is 4.31. The molecule has 2 rings (SSSR count). The van der Waals surface area contributed by atoms with Crippen LogP contribution in [0.2, 0.25) is 0 Å². The lowest BCUT2D eigenvalue weighted by molar-refractivity contribution is -0.0500. The van der Waals surface area contributed by atoms with Crippen LogP contribution in [0.4, 0.5) is 14.6 Å². The number of nitrogens with zero attached hydrogens (tertiary/aromatic N) is 3. The van der Waals surface area contributed by atoms with Gasteiger partial charge in [-0.3, -0.25) is 4.98 Å². The van der Waals surface area contributed by atoms with Gasteiger partial charge >= 0.3 is 6.61 Å².